The van der Waals surface area contributed by atoms with Crippen molar-refractivity contribution in [2.45, 2.75) is 32.4 Å². The van der Waals surface area contributed by atoms with Crippen LogP contribution in [-0.2, 0) is 10.8 Å². The second kappa shape index (κ2) is 5.89. The minimum absolute atomic E-state index is 0.305. The Bertz CT molecular complexity index is 388. The molecule has 0 amide bonds. The lowest BCUT2D eigenvalue weighted by Crippen LogP contribution is -2.27. The van der Waals surface area contributed by atoms with Crippen molar-refractivity contribution in [1.82, 2.24) is 0 Å². The summed E-state index contributed by atoms with van der Waals surface area (Å²) in [6, 6.07) is 8.01. The highest BCUT2D eigenvalue weighted by molar-refractivity contribution is 7.45. The van der Waals surface area contributed by atoms with Crippen LogP contribution in [0.3, 0.4) is 0 Å². The average Bonchev–Trinajstić information content (AvgIpc) is 2.19. The van der Waals surface area contributed by atoms with Gasteiger partial charge in [0.2, 0.25) is 0 Å². The molecule has 0 fully saturated rings. The highest BCUT2D eigenvalue weighted by Crippen LogP contribution is 2.32. The molecule has 0 unspecified atom stereocenters. The van der Waals surface area contributed by atoms with E-state index in [1.807, 2.05) is 26.0 Å². The Hall–Kier alpha value is -0.513. The number of rotatable bonds is 4. The van der Waals surface area contributed by atoms with E-state index < -0.39 is 6.69 Å². The first-order valence-electron chi connectivity index (χ1n) is 5.46. The van der Waals surface area contributed by atoms with Crippen LogP contribution in [0.1, 0.15) is 26.3 Å². The zero-order valence-electron chi connectivity index (χ0n) is 10.2. The van der Waals surface area contributed by atoms with Crippen LogP contribution in [0.25, 0.3) is 0 Å². The molecule has 0 saturated carbocycles. The summed E-state index contributed by atoms with van der Waals surface area (Å²) in [5, 5.41) is 0. The van der Waals surface area contributed by atoms with Crippen LogP contribution in [0.2, 0.25) is 5.54 Å². The molecule has 0 N–H and O–H groups in total. The maximum Gasteiger partial charge on any atom is 0.308 e. The molecular formula is C12H16Cl2O2Si. The van der Waals surface area contributed by atoms with Gasteiger partial charge in [0.25, 0.3) is 6.69 Å². The maximum atomic E-state index is 10.8. The Morgan fingerprint density at radius 2 is 1.82 bits per heavy atom. The third-order valence-corrected chi connectivity index (χ3v) is 8.46. The normalized spacial score (nSPS) is 11.6. The van der Waals surface area contributed by atoms with E-state index in [9.17, 15) is 4.79 Å². The molecule has 17 heavy (non-hydrogen) atoms. The first kappa shape index (κ1) is 14.5. The largest absolute Gasteiger partial charge is 0.427 e. The number of halogens is 2. The zero-order chi connectivity index (χ0) is 13.1. The molecule has 0 heterocycles. The molecule has 0 aliphatic rings. The lowest BCUT2D eigenvalue weighted by Gasteiger charge is -2.20. The predicted molar refractivity (Wildman–Crippen MR) is 74.0 cm³/mol. The van der Waals surface area contributed by atoms with Crippen LogP contribution in [0.15, 0.2) is 24.3 Å². The van der Waals surface area contributed by atoms with Crippen LogP contribution in [-0.4, -0.2) is 12.7 Å². The quantitative estimate of drug-likeness (QED) is 0.362. The number of hydrogen-bond acceptors (Lipinski definition) is 2. The summed E-state index contributed by atoms with van der Waals surface area (Å²) in [5.41, 5.74) is 1.38. The Morgan fingerprint density at radius 3 is 2.24 bits per heavy atom. The molecule has 2 nitrogen and oxygen atoms in total. The molecule has 0 aromatic heterocycles. The summed E-state index contributed by atoms with van der Waals surface area (Å²) in [6.07, 6.45) is 0. The van der Waals surface area contributed by atoms with Gasteiger partial charge in [-0.1, -0.05) is 26.0 Å². The molecule has 0 saturated heterocycles. The fourth-order valence-corrected chi connectivity index (χ4v) is 3.43. The van der Waals surface area contributed by atoms with Crippen LogP contribution in [0.4, 0.5) is 0 Å². The molecule has 5 heteroatoms. The SMILES string of the molecule is CC(=O)Oc1ccc(C[Si](Cl)(Cl)C(C)C)cc1. The summed E-state index contributed by atoms with van der Waals surface area (Å²) >= 11 is 12.7. The molecular weight excluding hydrogens is 275 g/mol. The highest BCUT2D eigenvalue weighted by Gasteiger charge is 2.32. The highest BCUT2D eigenvalue weighted by atomic mass is 35.7. The number of benzene rings is 1. The van der Waals surface area contributed by atoms with Gasteiger partial charge in [-0.25, -0.2) is 0 Å². The zero-order valence-corrected chi connectivity index (χ0v) is 12.7. The summed E-state index contributed by atoms with van der Waals surface area (Å²) in [6.45, 7) is 3.23. The van der Waals surface area contributed by atoms with Crippen molar-refractivity contribution in [1.29, 1.82) is 0 Å². The van der Waals surface area contributed by atoms with Gasteiger partial charge in [-0.3, -0.25) is 4.79 Å². The van der Waals surface area contributed by atoms with Gasteiger partial charge in [0.15, 0.2) is 0 Å². The van der Waals surface area contributed by atoms with Crippen molar-refractivity contribution in [2.75, 3.05) is 0 Å². The Balaban J connectivity index is 2.72. The monoisotopic (exact) mass is 290 g/mol. The topological polar surface area (TPSA) is 26.3 Å². The van der Waals surface area contributed by atoms with Gasteiger partial charge in [-0.05, 0) is 29.3 Å². The van der Waals surface area contributed by atoms with E-state index in [-0.39, 0.29) is 5.97 Å². The predicted octanol–water partition coefficient (Wildman–Crippen LogP) is 4.02. The Kier molecular flexibility index (Phi) is 5.04. The van der Waals surface area contributed by atoms with Crippen molar-refractivity contribution in [2.24, 2.45) is 0 Å². The second-order valence-electron chi connectivity index (χ2n) is 4.33. The molecule has 1 aromatic carbocycles. The molecule has 94 valence electrons. The van der Waals surface area contributed by atoms with Crippen molar-refractivity contribution in [3.8, 4) is 5.75 Å². The van der Waals surface area contributed by atoms with Gasteiger partial charge in [-0.15, -0.1) is 22.2 Å². The van der Waals surface area contributed by atoms with Crippen molar-refractivity contribution >= 4 is 34.8 Å². The number of carbonyl (C=O) groups excluding carboxylic acids is 1. The average molecular weight is 291 g/mol. The maximum absolute atomic E-state index is 10.8. The van der Waals surface area contributed by atoms with E-state index in [1.165, 1.54) is 6.92 Å². The van der Waals surface area contributed by atoms with Crippen LogP contribution in [0.5, 0.6) is 5.75 Å². The third kappa shape index (κ3) is 4.70. The van der Waals surface area contributed by atoms with Crippen molar-refractivity contribution in [3.63, 3.8) is 0 Å². The minimum Gasteiger partial charge on any atom is -0.427 e. The number of ether oxygens (including phenoxy) is 1. The molecule has 0 radical (unpaired) electrons. The van der Waals surface area contributed by atoms with Crippen LogP contribution >= 0.6 is 22.2 Å². The molecule has 0 spiro atoms. The third-order valence-electron chi connectivity index (χ3n) is 2.47. The van der Waals surface area contributed by atoms with Crippen LogP contribution < -0.4 is 4.74 Å². The van der Waals surface area contributed by atoms with Gasteiger partial charge < -0.3 is 4.74 Å². The Labute approximate surface area is 112 Å². The molecule has 0 atom stereocenters. The van der Waals surface area contributed by atoms with E-state index in [2.05, 4.69) is 0 Å². The van der Waals surface area contributed by atoms with E-state index in [0.29, 0.717) is 17.3 Å². The first-order chi connectivity index (χ1) is 7.81. The molecule has 1 aromatic rings. The Morgan fingerprint density at radius 1 is 1.29 bits per heavy atom. The first-order valence-corrected chi connectivity index (χ1v) is 9.77. The van der Waals surface area contributed by atoms with Gasteiger partial charge in [0.05, 0.1) is 0 Å². The molecule has 0 aliphatic heterocycles. The van der Waals surface area contributed by atoms with E-state index in [1.54, 1.807) is 12.1 Å². The number of esters is 1. The molecule has 0 bridgehead atoms. The summed E-state index contributed by atoms with van der Waals surface area (Å²) in [5.74, 6) is 0.223. The van der Waals surface area contributed by atoms with Gasteiger partial charge in [0.1, 0.15) is 5.75 Å². The van der Waals surface area contributed by atoms with Crippen molar-refractivity contribution in [3.05, 3.63) is 29.8 Å². The molecule has 1 rings (SSSR count). The van der Waals surface area contributed by atoms with E-state index in [4.69, 9.17) is 26.9 Å². The standard InChI is InChI=1S/C12H16Cl2O2Si/c1-9(2)17(13,14)8-11-4-6-12(7-5-11)16-10(3)15/h4-7,9H,8H2,1-3H3. The van der Waals surface area contributed by atoms with Crippen LogP contribution in [0, 0.1) is 0 Å². The fourth-order valence-electron chi connectivity index (χ4n) is 1.32. The summed E-state index contributed by atoms with van der Waals surface area (Å²) in [7, 11) is 0. The second-order valence-corrected chi connectivity index (χ2v) is 12.0. The van der Waals surface area contributed by atoms with Crippen molar-refractivity contribution < 1.29 is 9.53 Å². The van der Waals surface area contributed by atoms with E-state index >= 15 is 0 Å². The lowest BCUT2D eigenvalue weighted by molar-refractivity contribution is -0.131. The van der Waals surface area contributed by atoms with E-state index in [0.717, 1.165) is 5.56 Å². The number of hydrogen-bond donors (Lipinski definition) is 0. The lowest BCUT2D eigenvalue weighted by atomic mass is 10.2. The smallest absolute Gasteiger partial charge is 0.308 e. The minimum atomic E-state index is -2.23. The summed E-state index contributed by atoms with van der Waals surface area (Å²) in [4.78, 5) is 10.8. The van der Waals surface area contributed by atoms with Gasteiger partial charge in [-0.2, -0.15) is 0 Å². The fraction of sp³-hybridized carbons (Fsp3) is 0.417. The number of carbonyl (C=O) groups is 1. The molecule has 0 aliphatic carbocycles. The van der Waals surface area contributed by atoms with Gasteiger partial charge in [0, 0.05) is 6.92 Å². The van der Waals surface area contributed by atoms with Gasteiger partial charge >= 0.3 is 5.97 Å². The summed E-state index contributed by atoms with van der Waals surface area (Å²) < 4.78 is 4.95.